The second-order valence-electron chi connectivity index (χ2n) is 8.71. The maximum Gasteiger partial charge on any atom is 0.459 e. The Labute approximate surface area is 216 Å². The van der Waals surface area contributed by atoms with Gasteiger partial charge in [-0.1, -0.05) is 24.3 Å². The predicted molar refractivity (Wildman–Crippen MR) is 129 cm³/mol. The number of halogens is 6. The van der Waals surface area contributed by atoms with E-state index in [2.05, 4.69) is 20.5 Å². The van der Waals surface area contributed by atoms with Crippen LogP contribution in [0.2, 0.25) is 0 Å². The predicted octanol–water partition coefficient (Wildman–Crippen LogP) is 6.00. The lowest BCUT2D eigenvalue weighted by Crippen LogP contribution is -2.36. The Morgan fingerprint density at radius 1 is 1.00 bits per heavy atom. The molecule has 7 nitrogen and oxygen atoms in total. The molecule has 1 amide bonds. The van der Waals surface area contributed by atoms with E-state index in [-0.39, 0.29) is 21.5 Å². The molecule has 200 valence electrons. The van der Waals surface area contributed by atoms with Crippen LogP contribution in [-0.2, 0) is 12.5 Å². The molecule has 0 radical (unpaired) electrons. The number of hydrogen-bond acceptors (Lipinski definition) is 4. The van der Waals surface area contributed by atoms with E-state index in [0.717, 1.165) is 29.3 Å². The lowest BCUT2D eigenvalue weighted by atomic mass is 10.1. The molecule has 0 unspecified atom stereocenters. The van der Waals surface area contributed by atoms with Crippen LogP contribution in [0.1, 0.15) is 27.3 Å². The highest BCUT2D eigenvalue weighted by molar-refractivity contribution is 6.03. The summed E-state index contributed by atoms with van der Waals surface area (Å²) in [7, 11) is 0. The number of rotatable bonds is 6. The molecule has 0 bridgehead atoms. The number of aryl methyl sites for hydroxylation is 1. The highest BCUT2D eigenvalue weighted by atomic mass is 19.4. The first-order chi connectivity index (χ1) is 18.4. The molecule has 5 rings (SSSR count). The van der Waals surface area contributed by atoms with Crippen molar-refractivity contribution in [3.63, 3.8) is 0 Å². The van der Waals surface area contributed by atoms with Crippen LogP contribution < -0.4 is 5.32 Å². The SMILES string of the molecule is Cc1ccccc1Cn1cc(NC(=O)c2cc3nc(-c4ccc(F)cc4)cc(C(F)(F)C(F)(F)F)n3n2)cn1. The van der Waals surface area contributed by atoms with Crippen molar-refractivity contribution in [2.24, 2.45) is 0 Å². The fraction of sp³-hybridized carbons (Fsp3) is 0.154. The molecule has 0 aliphatic rings. The van der Waals surface area contributed by atoms with Gasteiger partial charge in [0, 0.05) is 17.8 Å². The molecule has 5 aromatic rings. The van der Waals surface area contributed by atoms with Gasteiger partial charge in [-0.15, -0.1) is 0 Å². The highest BCUT2D eigenvalue weighted by Gasteiger charge is 2.60. The smallest absolute Gasteiger partial charge is 0.318 e. The van der Waals surface area contributed by atoms with Crippen molar-refractivity contribution in [1.29, 1.82) is 0 Å². The van der Waals surface area contributed by atoms with E-state index in [0.29, 0.717) is 12.6 Å². The summed E-state index contributed by atoms with van der Waals surface area (Å²) >= 11 is 0. The van der Waals surface area contributed by atoms with E-state index in [1.165, 1.54) is 24.5 Å². The molecule has 3 aromatic heterocycles. The van der Waals surface area contributed by atoms with E-state index in [1.54, 1.807) is 4.68 Å². The lowest BCUT2D eigenvalue weighted by molar-refractivity contribution is -0.291. The number of nitrogens with one attached hydrogen (secondary N) is 1. The van der Waals surface area contributed by atoms with Crippen LogP contribution in [-0.4, -0.2) is 36.5 Å². The first-order valence-corrected chi connectivity index (χ1v) is 11.4. The van der Waals surface area contributed by atoms with E-state index >= 15 is 0 Å². The van der Waals surface area contributed by atoms with Crippen LogP contribution in [0.4, 0.5) is 32.0 Å². The third kappa shape index (κ3) is 5.07. The minimum atomic E-state index is -5.96. The van der Waals surface area contributed by atoms with Crippen LogP contribution >= 0.6 is 0 Å². The first-order valence-electron chi connectivity index (χ1n) is 11.4. The zero-order valence-electron chi connectivity index (χ0n) is 20.0. The Balaban J connectivity index is 1.48. The molecule has 0 saturated carbocycles. The third-order valence-corrected chi connectivity index (χ3v) is 5.96. The van der Waals surface area contributed by atoms with Crippen LogP contribution in [0.15, 0.2) is 73.1 Å². The van der Waals surface area contributed by atoms with E-state index in [1.807, 2.05) is 31.2 Å². The average molecular weight is 544 g/mol. The Kier molecular flexibility index (Phi) is 6.36. The number of carbonyl (C=O) groups excluding carboxylic acids is 1. The molecule has 0 fully saturated rings. The molecular weight excluding hydrogens is 526 g/mol. The maximum atomic E-state index is 14.5. The zero-order chi connectivity index (χ0) is 27.9. The van der Waals surface area contributed by atoms with Gasteiger partial charge in [0.15, 0.2) is 11.3 Å². The van der Waals surface area contributed by atoms with Gasteiger partial charge < -0.3 is 5.32 Å². The summed E-state index contributed by atoms with van der Waals surface area (Å²) in [4.78, 5) is 16.9. The van der Waals surface area contributed by atoms with Crippen LogP contribution in [0.25, 0.3) is 16.9 Å². The first kappa shape index (κ1) is 25.9. The molecular formula is C26H18F6N6O. The van der Waals surface area contributed by atoms with Crippen molar-refractivity contribution < 1.29 is 31.1 Å². The van der Waals surface area contributed by atoms with Gasteiger partial charge in [0.05, 0.1) is 24.1 Å². The Hall–Kier alpha value is -4.68. The number of aromatic nitrogens is 5. The second-order valence-corrected chi connectivity index (χ2v) is 8.71. The largest absolute Gasteiger partial charge is 0.459 e. The zero-order valence-corrected chi connectivity index (χ0v) is 20.0. The monoisotopic (exact) mass is 544 g/mol. The van der Waals surface area contributed by atoms with Crippen molar-refractivity contribution in [3.8, 4) is 11.3 Å². The number of nitrogens with zero attached hydrogens (tertiary/aromatic N) is 5. The molecule has 1 N–H and O–H groups in total. The summed E-state index contributed by atoms with van der Waals surface area (Å²) in [5, 5.41) is 10.4. The minimum Gasteiger partial charge on any atom is -0.318 e. The molecule has 2 aromatic carbocycles. The summed E-state index contributed by atoms with van der Waals surface area (Å²) in [6.45, 7) is 2.36. The van der Waals surface area contributed by atoms with Crippen LogP contribution in [0.3, 0.4) is 0 Å². The molecule has 0 aliphatic heterocycles. The second kappa shape index (κ2) is 9.57. The van der Waals surface area contributed by atoms with Gasteiger partial charge in [0.1, 0.15) is 11.5 Å². The van der Waals surface area contributed by atoms with Gasteiger partial charge >= 0.3 is 12.1 Å². The van der Waals surface area contributed by atoms with Gasteiger partial charge in [0.2, 0.25) is 0 Å². The van der Waals surface area contributed by atoms with Gasteiger partial charge in [-0.25, -0.2) is 13.9 Å². The summed E-state index contributed by atoms with van der Waals surface area (Å²) in [6.07, 6.45) is -3.06. The van der Waals surface area contributed by atoms with Gasteiger partial charge in [-0.2, -0.15) is 32.1 Å². The van der Waals surface area contributed by atoms with Crippen molar-refractivity contribution in [2.45, 2.75) is 25.6 Å². The standard InChI is InChI=1S/C26H18F6N6O/c1-15-4-2-3-5-17(15)13-37-14-19(12-33-37)34-24(39)21-11-23-35-20(16-6-8-18(27)9-7-16)10-22(38(23)36-21)25(28,29)26(30,31)32/h2-12,14H,13H2,1H3,(H,34,39). The number of carbonyl (C=O) groups is 1. The van der Waals surface area contributed by atoms with Crippen molar-refractivity contribution >= 4 is 17.2 Å². The minimum absolute atomic E-state index is 0.0893. The van der Waals surface area contributed by atoms with Crippen molar-refractivity contribution in [1.82, 2.24) is 24.4 Å². The highest BCUT2D eigenvalue weighted by Crippen LogP contribution is 2.44. The molecule has 3 heterocycles. The molecule has 39 heavy (non-hydrogen) atoms. The van der Waals surface area contributed by atoms with Crippen molar-refractivity contribution in [2.75, 3.05) is 5.32 Å². The van der Waals surface area contributed by atoms with Gasteiger partial charge in [-0.05, 0) is 48.4 Å². The number of fused-ring (bicyclic) bond motifs is 1. The topological polar surface area (TPSA) is 77.1 Å². The summed E-state index contributed by atoms with van der Waals surface area (Å²) in [6, 6.07) is 13.5. The number of alkyl halides is 5. The third-order valence-electron chi connectivity index (χ3n) is 5.96. The summed E-state index contributed by atoms with van der Waals surface area (Å²) in [5.74, 6) is -6.84. The average Bonchev–Trinajstić information content (AvgIpc) is 3.51. The summed E-state index contributed by atoms with van der Waals surface area (Å²) in [5.41, 5.74) is -0.337. The molecule has 0 atom stereocenters. The normalized spacial score (nSPS) is 12.2. The molecule has 0 aliphatic carbocycles. The Bertz CT molecular complexity index is 1670. The summed E-state index contributed by atoms with van der Waals surface area (Å²) < 4.78 is 84.2. The van der Waals surface area contributed by atoms with Crippen molar-refractivity contribution in [3.05, 3.63) is 101 Å². The van der Waals surface area contributed by atoms with Gasteiger partial charge in [0.25, 0.3) is 5.91 Å². The fourth-order valence-corrected chi connectivity index (χ4v) is 3.89. The van der Waals surface area contributed by atoms with E-state index in [9.17, 15) is 31.1 Å². The van der Waals surface area contributed by atoms with E-state index < -0.39 is 40.9 Å². The van der Waals surface area contributed by atoms with Crippen LogP contribution in [0.5, 0.6) is 0 Å². The molecule has 0 saturated heterocycles. The number of amides is 1. The van der Waals surface area contributed by atoms with E-state index in [4.69, 9.17) is 0 Å². The number of benzene rings is 2. The lowest BCUT2D eigenvalue weighted by Gasteiger charge is -2.21. The Morgan fingerprint density at radius 2 is 1.72 bits per heavy atom. The van der Waals surface area contributed by atoms with Crippen LogP contribution in [0, 0.1) is 12.7 Å². The molecule has 0 spiro atoms. The molecule has 13 heteroatoms. The quantitative estimate of drug-likeness (QED) is 0.266. The van der Waals surface area contributed by atoms with Gasteiger partial charge in [-0.3, -0.25) is 9.48 Å². The Morgan fingerprint density at radius 3 is 2.41 bits per heavy atom. The number of hydrogen-bond donors (Lipinski definition) is 1. The fourth-order valence-electron chi connectivity index (χ4n) is 3.89. The number of anilines is 1. The maximum absolute atomic E-state index is 14.5.